The Hall–Kier alpha value is -3.19. The fraction of sp³-hybridized carbons (Fsp3) is 0.250. The fourth-order valence-electron chi connectivity index (χ4n) is 2.60. The number of hydrogen-bond acceptors (Lipinski definition) is 5. The van der Waals surface area contributed by atoms with Crippen LogP contribution in [0.25, 0.3) is 17.1 Å². The van der Waals surface area contributed by atoms with E-state index < -0.39 is 0 Å². The highest BCUT2D eigenvalue weighted by atomic mass is 16.5. The van der Waals surface area contributed by atoms with Gasteiger partial charge < -0.3 is 14.8 Å². The zero-order valence-electron chi connectivity index (χ0n) is 15.6. The fourth-order valence-corrected chi connectivity index (χ4v) is 2.60. The van der Waals surface area contributed by atoms with E-state index in [4.69, 9.17) is 9.47 Å². The van der Waals surface area contributed by atoms with Gasteiger partial charge in [0, 0.05) is 18.4 Å². The lowest BCUT2D eigenvalue weighted by molar-refractivity contribution is -0.119. The van der Waals surface area contributed by atoms with Gasteiger partial charge in [0.25, 0.3) is 0 Å². The quantitative estimate of drug-likeness (QED) is 0.695. The summed E-state index contributed by atoms with van der Waals surface area (Å²) in [6, 6.07) is 15.7. The molecule has 0 fully saturated rings. The molecule has 0 atom stereocenters. The van der Waals surface area contributed by atoms with Crippen molar-refractivity contribution in [3.05, 3.63) is 54.1 Å². The summed E-state index contributed by atoms with van der Waals surface area (Å²) >= 11 is 0. The van der Waals surface area contributed by atoms with Gasteiger partial charge in [0.15, 0.2) is 5.82 Å². The minimum absolute atomic E-state index is 0.00332. The maximum atomic E-state index is 11.8. The van der Waals surface area contributed by atoms with Crippen LogP contribution in [0.3, 0.4) is 0 Å². The van der Waals surface area contributed by atoms with Gasteiger partial charge in [-0.1, -0.05) is 35.9 Å². The summed E-state index contributed by atoms with van der Waals surface area (Å²) in [5, 5.41) is 7.27. The summed E-state index contributed by atoms with van der Waals surface area (Å²) in [4.78, 5) is 16.3. The molecule has 0 unspecified atom stereocenters. The molecule has 1 aromatic heterocycles. The maximum Gasteiger partial charge on any atom is 0.336 e. The second kappa shape index (κ2) is 8.46. The van der Waals surface area contributed by atoms with E-state index in [-0.39, 0.29) is 12.5 Å². The van der Waals surface area contributed by atoms with Crippen LogP contribution >= 0.6 is 0 Å². The average molecular weight is 366 g/mol. The number of hydrogen-bond donors (Lipinski definition) is 1. The molecule has 0 radical (unpaired) electrons. The number of aryl methyl sites for hydroxylation is 1. The number of rotatable bonds is 7. The number of aromatic nitrogens is 3. The first-order chi connectivity index (χ1) is 13.1. The van der Waals surface area contributed by atoms with Gasteiger partial charge in [-0.05, 0) is 32.0 Å². The number of carbonyl (C=O) groups excluding carboxylic acids is 1. The largest absolute Gasteiger partial charge is 0.463 e. The van der Waals surface area contributed by atoms with Crippen molar-refractivity contribution in [2.45, 2.75) is 13.8 Å². The minimum atomic E-state index is -0.220. The second-order valence-electron chi connectivity index (χ2n) is 5.96. The third-order valence-corrected chi connectivity index (χ3v) is 3.82. The summed E-state index contributed by atoms with van der Waals surface area (Å²) in [6.07, 6.45) is 0. The van der Waals surface area contributed by atoms with Gasteiger partial charge >= 0.3 is 6.01 Å². The molecular weight excluding hydrogens is 344 g/mol. The summed E-state index contributed by atoms with van der Waals surface area (Å²) in [7, 11) is 1.48. The van der Waals surface area contributed by atoms with E-state index in [9.17, 15) is 4.79 Å². The van der Waals surface area contributed by atoms with Crippen molar-refractivity contribution in [2.75, 3.05) is 25.6 Å². The SMILES string of the molecule is CCOc1nc(-c2ccc(C)cc2)n(-c2cccc(NC(=O)COC)c2)n1. The summed E-state index contributed by atoms with van der Waals surface area (Å²) in [5.41, 5.74) is 3.50. The molecule has 7 nitrogen and oxygen atoms in total. The van der Waals surface area contributed by atoms with Gasteiger partial charge in [0.1, 0.15) is 6.61 Å². The molecular formula is C20H22N4O3. The maximum absolute atomic E-state index is 11.8. The van der Waals surface area contributed by atoms with Crippen molar-refractivity contribution >= 4 is 11.6 Å². The summed E-state index contributed by atoms with van der Waals surface area (Å²) in [5.74, 6) is 0.445. The molecule has 27 heavy (non-hydrogen) atoms. The number of anilines is 1. The van der Waals surface area contributed by atoms with Crippen LogP contribution in [-0.4, -0.2) is 41.0 Å². The van der Waals surface area contributed by atoms with E-state index in [0.29, 0.717) is 24.1 Å². The standard InChI is InChI=1S/C20H22N4O3/c1-4-27-20-22-19(15-10-8-14(2)9-11-15)24(23-20)17-7-5-6-16(12-17)21-18(25)13-26-3/h5-12H,4,13H2,1-3H3,(H,21,25). The highest BCUT2D eigenvalue weighted by Crippen LogP contribution is 2.25. The molecule has 1 amide bonds. The van der Waals surface area contributed by atoms with Crippen LogP contribution in [0.15, 0.2) is 48.5 Å². The van der Waals surface area contributed by atoms with E-state index in [1.54, 1.807) is 4.68 Å². The van der Waals surface area contributed by atoms with Gasteiger partial charge in [0.05, 0.1) is 12.3 Å². The Kier molecular flexibility index (Phi) is 5.83. The lowest BCUT2D eigenvalue weighted by atomic mass is 10.1. The van der Waals surface area contributed by atoms with Gasteiger partial charge in [-0.25, -0.2) is 4.68 Å². The number of ether oxygens (including phenoxy) is 2. The second-order valence-corrected chi connectivity index (χ2v) is 5.96. The number of carbonyl (C=O) groups is 1. The lowest BCUT2D eigenvalue weighted by Crippen LogP contribution is -2.17. The third kappa shape index (κ3) is 4.51. The molecule has 0 bridgehead atoms. The van der Waals surface area contributed by atoms with E-state index in [1.807, 2.05) is 62.4 Å². The number of methoxy groups -OCH3 is 1. The molecule has 0 aliphatic carbocycles. The van der Waals surface area contributed by atoms with Crippen molar-refractivity contribution < 1.29 is 14.3 Å². The van der Waals surface area contributed by atoms with Crippen LogP contribution in [0.5, 0.6) is 6.01 Å². The first-order valence-corrected chi connectivity index (χ1v) is 8.67. The number of nitrogens with zero attached hydrogens (tertiary/aromatic N) is 3. The van der Waals surface area contributed by atoms with Crippen molar-refractivity contribution in [1.29, 1.82) is 0 Å². The molecule has 2 aromatic carbocycles. The van der Waals surface area contributed by atoms with E-state index in [1.165, 1.54) is 7.11 Å². The number of benzene rings is 2. The lowest BCUT2D eigenvalue weighted by Gasteiger charge is -2.09. The van der Waals surface area contributed by atoms with E-state index in [2.05, 4.69) is 15.4 Å². The summed E-state index contributed by atoms with van der Waals surface area (Å²) in [6.45, 7) is 4.39. The predicted octanol–water partition coefficient (Wildman–Crippen LogP) is 3.23. The average Bonchev–Trinajstić information content (AvgIpc) is 3.07. The van der Waals surface area contributed by atoms with Crippen LogP contribution in [0, 0.1) is 6.92 Å². The molecule has 3 aromatic rings. The van der Waals surface area contributed by atoms with Crippen LogP contribution < -0.4 is 10.1 Å². The Labute approximate surface area is 158 Å². The van der Waals surface area contributed by atoms with Crippen LogP contribution in [0.1, 0.15) is 12.5 Å². The molecule has 0 aliphatic heterocycles. The van der Waals surface area contributed by atoms with Crippen LogP contribution in [-0.2, 0) is 9.53 Å². The van der Waals surface area contributed by atoms with Crippen LogP contribution in [0.2, 0.25) is 0 Å². The first-order valence-electron chi connectivity index (χ1n) is 8.67. The van der Waals surface area contributed by atoms with Crippen molar-refractivity contribution in [3.63, 3.8) is 0 Å². The zero-order valence-corrected chi connectivity index (χ0v) is 15.6. The molecule has 0 saturated heterocycles. The van der Waals surface area contributed by atoms with E-state index >= 15 is 0 Å². The Morgan fingerprint density at radius 2 is 1.96 bits per heavy atom. The Bertz CT molecular complexity index is 919. The molecule has 3 rings (SSSR count). The molecule has 1 heterocycles. The van der Waals surface area contributed by atoms with Crippen molar-refractivity contribution in [1.82, 2.24) is 14.8 Å². The Morgan fingerprint density at radius 3 is 2.67 bits per heavy atom. The molecule has 0 aliphatic rings. The van der Waals surface area contributed by atoms with Gasteiger partial charge in [0.2, 0.25) is 5.91 Å². The third-order valence-electron chi connectivity index (χ3n) is 3.82. The molecule has 1 N–H and O–H groups in total. The van der Waals surface area contributed by atoms with Gasteiger partial charge in [-0.2, -0.15) is 4.98 Å². The molecule has 0 saturated carbocycles. The highest BCUT2D eigenvalue weighted by Gasteiger charge is 2.15. The van der Waals surface area contributed by atoms with Crippen LogP contribution in [0.4, 0.5) is 5.69 Å². The van der Waals surface area contributed by atoms with E-state index in [0.717, 1.165) is 16.8 Å². The van der Waals surface area contributed by atoms with Gasteiger partial charge in [-0.3, -0.25) is 4.79 Å². The zero-order chi connectivity index (χ0) is 19.2. The molecule has 0 spiro atoms. The van der Waals surface area contributed by atoms with Crippen molar-refractivity contribution in [2.24, 2.45) is 0 Å². The molecule has 7 heteroatoms. The van der Waals surface area contributed by atoms with Gasteiger partial charge in [-0.15, -0.1) is 5.10 Å². The minimum Gasteiger partial charge on any atom is -0.463 e. The monoisotopic (exact) mass is 366 g/mol. The number of nitrogens with one attached hydrogen (secondary N) is 1. The topological polar surface area (TPSA) is 78.3 Å². The number of amides is 1. The Morgan fingerprint density at radius 1 is 1.19 bits per heavy atom. The molecule has 140 valence electrons. The Balaban J connectivity index is 2.00. The highest BCUT2D eigenvalue weighted by molar-refractivity contribution is 5.91. The smallest absolute Gasteiger partial charge is 0.336 e. The summed E-state index contributed by atoms with van der Waals surface area (Å²) < 4.78 is 12.1. The first kappa shape index (κ1) is 18.6. The van der Waals surface area contributed by atoms with Crippen molar-refractivity contribution in [3.8, 4) is 23.1 Å². The predicted molar refractivity (Wildman–Crippen MR) is 103 cm³/mol. The normalized spacial score (nSPS) is 10.6.